The van der Waals surface area contributed by atoms with Crippen LogP contribution in [0.2, 0.25) is 0 Å². The molecule has 362 valence electrons. The summed E-state index contributed by atoms with van der Waals surface area (Å²) in [5.41, 5.74) is 16.1. The number of nitrogens with one attached hydrogen (secondary N) is 3. The van der Waals surface area contributed by atoms with Gasteiger partial charge in [-0.05, 0) is 65.5 Å². The number of aliphatic hydroxyl groups excluding tert-OH is 7. The number of aliphatic hydroxyl groups is 7. The van der Waals surface area contributed by atoms with Gasteiger partial charge in [0.05, 0.1) is 85.3 Å². The average Bonchev–Trinajstić information content (AvgIpc) is 3.24. The zero-order valence-electron chi connectivity index (χ0n) is 38.7. The number of ether oxygens (including phenoxy) is 3. The van der Waals surface area contributed by atoms with E-state index < -0.39 is 0 Å². The summed E-state index contributed by atoms with van der Waals surface area (Å²) in [4.78, 5) is 10.7. The lowest BCUT2D eigenvalue weighted by molar-refractivity contribution is -0.120. The topological polar surface area (TPSA) is 301 Å². The molecule has 1 fully saturated rings. The number of hydrogen-bond acceptors (Lipinski definition) is 17. The van der Waals surface area contributed by atoms with E-state index in [9.17, 15) is 4.79 Å². The molecular formula is C42H98N6O11. The molecular weight excluding hydrogens is 764 g/mol. The molecule has 0 heterocycles. The SMILES string of the molecule is CC(=O)C(CO)NC(C)C.CCCCCCCCC(N)CO.CNC(C)(C)CO.NCC1CCCCC1CO.NCCOCCO.OCCOCCNCCOCCO. The Kier molecular flexibility index (Phi) is 62.6. The van der Waals surface area contributed by atoms with Gasteiger partial charge in [0, 0.05) is 43.9 Å². The number of nitrogens with two attached hydrogens (primary N) is 3. The molecule has 17 nitrogen and oxygen atoms in total. The van der Waals surface area contributed by atoms with Crippen LogP contribution in [0, 0.1) is 11.8 Å². The van der Waals surface area contributed by atoms with Crippen molar-refractivity contribution in [1.29, 1.82) is 0 Å². The Bertz CT molecular complexity index is 749. The summed E-state index contributed by atoms with van der Waals surface area (Å²) in [5, 5.41) is 68.6. The molecule has 0 aromatic carbocycles. The van der Waals surface area contributed by atoms with Crippen LogP contribution in [0.25, 0.3) is 0 Å². The van der Waals surface area contributed by atoms with Gasteiger partial charge < -0.3 is 83.1 Å². The van der Waals surface area contributed by atoms with Crippen LogP contribution in [0.1, 0.15) is 112 Å². The molecule has 0 aromatic rings. The van der Waals surface area contributed by atoms with E-state index in [0.29, 0.717) is 64.6 Å². The second-order valence-corrected chi connectivity index (χ2v) is 15.2. The normalized spacial score (nSPS) is 15.7. The molecule has 1 aliphatic rings. The Balaban J connectivity index is -0.000000200. The molecule has 0 aliphatic heterocycles. The second-order valence-electron chi connectivity index (χ2n) is 15.2. The van der Waals surface area contributed by atoms with Gasteiger partial charge in [0.1, 0.15) is 5.78 Å². The monoisotopic (exact) mass is 863 g/mol. The van der Waals surface area contributed by atoms with Crippen LogP contribution >= 0.6 is 0 Å². The molecule has 0 amide bonds. The molecule has 0 bridgehead atoms. The maximum Gasteiger partial charge on any atom is 0.149 e. The van der Waals surface area contributed by atoms with Crippen molar-refractivity contribution in [2.75, 3.05) is 119 Å². The lowest BCUT2D eigenvalue weighted by Gasteiger charge is -2.28. The van der Waals surface area contributed by atoms with E-state index >= 15 is 0 Å². The minimum atomic E-state index is -0.389. The Labute approximate surface area is 359 Å². The number of Topliss-reactive ketones (excluding diaryl/α,β-unsaturated/α-hetero) is 1. The first kappa shape index (κ1) is 67.1. The highest BCUT2D eigenvalue weighted by atomic mass is 16.5. The van der Waals surface area contributed by atoms with E-state index in [0.717, 1.165) is 26.1 Å². The maximum absolute atomic E-state index is 10.7. The molecule has 0 radical (unpaired) electrons. The van der Waals surface area contributed by atoms with Crippen molar-refractivity contribution in [1.82, 2.24) is 16.0 Å². The van der Waals surface area contributed by atoms with Crippen molar-refractivity contribution in [2.24, 2.45) is 29.0 Å². The van der Waals surface area contributed by atoms with Crippen LogP contribution in [-0.4, -0.2) is 184 Å². The quantitative estimate of drug-likeness (QED) is 0.0431. The lowest BCUT2D eigenvalue weighted by Crippen LogP contribution is -2.42. The highest BCUT2D eigenvalue weighted by molar-refractivity contribution is 5.81. The van der Waals surface area contributed by atoms with Crippen molar-refractivity contribution >= 4 is 5.78 Å². The van der Waals surface area contributed by atoms with Crippen molar-refractivity contribution < 1.29 is 54.8 Å². The van der Waals surface area contributed by atoms with Gasteiger partial charge in [0.2, 0.25) is 0 Å². The van der Waals surface area contributed by atoms with Crippen LogP contribution in [0.15, 0.2) is 0 Å². The average molecular weight is 863 g/mol. The van der Waals surface area contributed by atoms with Gasteiger partial charge in [-0.25, -0.2) is 0 Å². The van der Waals surface area contributed by atoms with Gasteiger partial charge in [-0.3, -0.25) is 4.79 Å². The third-order valence-corrected chi connectivity index (χ3v) is 8.86. The summed E-state index contributed by atoms with van der Waals surface area (Å²) in [5.74, 6) is 1.08. The minimum absolute atomic E-state index is 0.0103. The van der Waals surface area contributed by atoms with E-state index in [1.54, 1.807) is 0 Å². The smallest absolute Gasteiger partial charge is 0.149 e. The third-order valence-electron chi connectivity index (χ3n) is 8.86. The van der Waals surface area contributed by atoms with Gasteiger partial charge >= 0.3 is 0 Å². The number of ketones is 1. The zero-order valence-corrected chi connectivity index (χ0v) is 38.7. The summed E-state index contributed by atoms with van der Waals surface area (Å²) < 4.78 is 14.8. The van der Waals surface area contributed by atoms with Crippen molar-refractivity contribution in [3.05, 3.63) is 0 Å². The van der Waals surface area contributed by atoms with Crippen molar-refractivity contribution in [3.63, 3.8) is 0 Å². The van der Waals surface area contributed by atoms with E-state index in [1.807, 2.05) is 34.7 Å². The first-order chi connectivity index (χ1) is 28.2. The summed E-state index contributed by atoms with van der Waals surface area (Å²) in [7, 11) is 1.83. The van der Waals surface area contributed by atoms with Gasteiger partial charge in [-0.1, -0.05) is 72.1 Å². The summed E-state index contributed by atoms with van der Waals surface area (Å²) in [6.07, 6.45) is 13.7. The second kappa shape index (κ2) is 55.0. The molecule has 0 saturated heterocycles. The van der Waals surface area contributed by atoms with Gasteiger partial charge in [0.25, 0.3) is 0 Å². The molecule has 1 aliphatic carbocycles. The minimum Gasteiger partial charge on any atom is -0.396 e. The molecule has 17 heteroatoms. The number of unbranched alkanes of at least 4 members (excludes halogenated alkanes) is 5. The molecule has 1 rings (SSSR count). The molecule has 0 aromatic heterocycles. The number of hydrogen-bond donors (Lipinski definition) is 13. The molecule has 1 saturated carbocycles. The van der Waals surface area contributed by atoms with Crippen LogP contribution in [0.4, 0.5) is 0 Å². The highest BCUT2D eigenvalue weighted by Gasteiger charge is 2.22. The molecule has 16 N–H and O–H groups in total. The Morgan fingerprint density at radius 2 is 1.24 bits per heavy atom. The Morgan fingerprint density at radius 1 is 0.746 bits per heavy atom. The zero-order chi connectivity index (χ0) is 46.0. The summed E-state index contributed by atoms with van der Waals surface area (Å²) >= 11 is 0. The van der Waals surface area contributed by atoms with Gasteiger partial charge in [0.15, 0.2) is 0 Å². The molecule has 4 unspecified atom stereocenters. The third kappa shape index (κ3) is 59.2. The van der Waals surface area contributed by atoms with E-state index in [1.165, 1.54) is 71.1 Å². The molecule has 59 heavy (non-hydrogen) atoms. The fourth-order valence-electron chi connectivity index (χ4n) is 4.89. The molecule has 0 spiro atoms. The van der Waals surface area contributed by atoms with Crippen LogP contribution in [0.5, 0.6) is 0 Å². The fraction of sp³-hybridized carbons (Fsp3) is 0.976. The van der Waals surface area contributed by atoms with E-state index in [4.69, 9.17) is 67.2 Å². The van der Waals surface area contributed by atoms with Crippen molar-refractivity contribution in [2.45, 2.75) is 136 Å². The van der Waals surface area contributed by atoms with Crippen LogP contribution in [-0.2, 0) is 19.0 Å². The Morgan fingerprint density at radius 3 is 1.56 bits per heavy atom. The number of rotatable bonds is 30. The number of likely N-dealkylation sites (N-methyl/N-ethyl adjacent to an activating group) is 1. The predicted octanol–water partition coefficient (Wildman–Crippen LogP) is 0.259. The lowest BCUT2D eigenvalue weighted by atomic mass is 9.80. The standard InChI is InChI=1S/C10H23NO.C8H19NO4.C8H17NO.C7H15NO2.C5H13NO.C4H11NO2/c1-2-3-4-5-6-7-8-10(11)9-12;10-3-7-12-5-1-9-2-6-13-8-4-11;9-5-7-3-1-2-4-8(7)6-10;1-5(2)8-7(4-9)6(3)10;1-5(2,4-7)6-3;5-1-3-7-4-2-6/h10,12H,2-9,11H2,1H3;9-11H,1-8H2;7-8,10H,1-6,9H2;5,7-9H,4H2,1-3H3;6-7H,4H2,1-3H3;6H,1-5H2. The summed E-state index contributed by atoms with van der Waals surface area (Å²) in [6.45, 7) is 17.9. The van der Waals surface area contributed by atoms with Crippen molar-refractivity contribution in [3.8, 4) is 0 Å². The first-order valence-corrected chi connectivity index (χ1v) is 22.0. The Hall–Kier alpha value is -0.970. The summed E-state index contributed by atoms with van der Waals surface area (Å²) in [6, 6.07) is -0.141. The van der Waals surface area contributed by atoms with E-state index in [-0.39, 0.29) is 69.1 Å². The fourth-order valence-corrected chi connectivity index (χ4v) is 4.89. The van der Waals surface area contributed by atoms with Gasteiger partial charge in [-0.15, -0.1) is 0 Å². The van der Waals surface area contributed by atoms with Crippen LogP contribution in [0.3, 0.4) is 0 Å². The number of carbonyl (C=O) groups is 1. The largest absolute Gasteiger partial charge is 0.396 e. The van der Waals surface area contributed by atoms with Crippen LogP contribution < -0.4 is 33.2 Å². The predicted molar refractivity (Wildman–Crippen MR) is 240 cm³/mol. The number of carbonyl (C=O) groups excluding carboxylic acids is 1. The highest BCUT2D eigenvalue weighted by Crippen LogP contribution is 2.28. The van der Waals surface area contributed by atoms with Gasteiger partial charge in [-0.2, -0.15) is 0 Å². The first-order valence-electron chi connectivity index (χ1n) is 22.0. The molecule has 4 atom stereocenters. The maximum atomic E-state index is 10.7. The van der Waals surface area contributed by atoms with E-state index in [2.05, 4.69) is 22.9 Å².